The van der Waals surface area contributed by atoms with Gasteiger partial charge < -0.3 is 9.30 Å². The second-order valence-electron chi connectivity index (χ2n) is 4.51. The number of aromatic nitrogens is 1. The average molecular weight is 257 g/mol. The summed E-state index contributed by atoms with van der Waals surface area (Å²) in [6.07, 6.45) is 5.39. The molecule has 3 nitrogen and oxygen atoms in total. The lowest BCUT2D eigenvalue weighted by Gasteiger charge is -2.04. The van der Waals surface area contributed by atoms with Gasteiger partial charge in [-0.25, -0.2) is 0 Å². The fourth-order valence-electron chi connectivity index (χ4n) is 2.00. The van der Waals surface area contributed by atoms with Crippen molar-refractivity contribution in [2.45, 2.75) is 26.3 Å². The summed E-state index contributed by atoms with van der Waals surface area (Å²) >= 11 is 0. The van der Waals surface area contributed by atoms with Crippen molar-refractivity contribution in [3.05, 3.63) is 53.9 Å². The number of hydrogen-bond acceptors (Lipinski definition) is 2. The van der Waals surface area contributed by atoms with E-state index < -0.39 is 0 Å². The van der Waals surface area contributed by atoms with Crippen LogP contribution in [0.4, 0.5) is 0 Å². The van der Waals surface area contributed by atoms with E-state index in [0.717, 1.165) is 24.3 Å². The van der Waals surface area contributed by atoms with Crippen molar-refractivity contribution < 1.29 is 9.53 Å². The summed E-state index contributed by atoms with van der Waals surface area (Å²) in [4.78, 5) is 11.5. The second kappa shape index (κ2) is 6.23. The number of Topliss-reactive ketones (excluding diaryl/α,β-unsaturated/α-hetero) is 1. The van der Waals surface area contributed by atoms with Crippen molar-refractivity contribution in [3.63, 3.8) is 0 Å². The normalized spacial score (nSPS) is 10.4. The SMILES string of the molecule is CCC(=O)c1ccn(CCc2ccc(OC)cc2)c1. The Balaban J connectivity index is 1.94. The van der Waals surface area contributed by atoms with Crippen LogP contribution in [0.15, 0.2) is 42.7 Å². The Morgan fingerprint density at radius 2 is 1.95 bits per heavy atom. The van der Waals surface area contributed by atoms with E-state index in [1.807, 2.05) is 37.5 Å². The third kappa shape index (κ3) is 3.47. The molecule has 2 rings (SSSR count). The zero-order valence-corrected chi connectivity index (χ0v) is 11.4. The van der Waals surface area contributed by atoms with Crippen molar-refractivity contribution in [2.24, 2.45) is 0 Å². The molecular formula is C16H19NO2. The first-order chi connectivity index (χ1) is 9.22. The van der Waals surface area contributed by atoms with Crippen LogP contribution in [-0.2, 0) is 13.0 Å². The zero-order valence-electron chi connectivity index (χ0n) is 11.4. The minimum Gasteiger partial charge on any atom is -0.497 e. The molecule has 0 aliphatic rings. The molecule has 1 aromatic heterocycles. The lowest BCUT2D eigenvalue weighted by Crippen LogP contribution is -1.99. The van der Waals surface area contributed by atoms with Crippen molar-refractivity contribution >= 4 is 5.78 Å². The molecule has 1 heterocycles. The van der Waals surface area contributed by atoms with Crippen LogP contribution in [0.2, 0.25) is 0 Å². The Hall–Kier alpha value is -2.03. The number of ether oxygens (including phenoxy) is 1. The molecular weight excluding hydrogens is 238 g/mol. The number of ketones is 1. The van der Waals surface area contributed by atoms with Crippen molar-refractivity contribution in [3.8, 4) is 5.75 Å². The summed E-state index contributed by atoms with van der Waals surface area (Å²) in [5, 5.41) is 0. The fraction of sp³-hybridized carbons (Fsp3) is 0.312. The first kappa shape index (κ1) is 13.4. The quantitative estimate of drug-likeness (QED) is 0.743. The van der Waals surface area contributed by atoms with Gasteiger partial charge in [0.1, 0.15) is 5.75 Å². The van der Waals surface area contributed by atoms with E-state index in [-0.39, 0.29) is 5.78 Å². The van der Waals surface area contributed by atoms with E-state index in [4.69, 9.17) is 4.74 Å². The van der Waals surface area contributed by atoms with Gasteiger partial charge in [-0.3, -0.25) is 4.79 Å². The minimum absolute atomic E-state index is 0.197. The summed E-state index contributed by atoms with van der Waals surface area (Å²) in [6, 6.07) is 9.97. The number of carbonyl (C=O) groups excluding carboxylic acids is 1. The summed E-state index contributed by atoms with van der Waals surface area (Å²) in [6.45, 7) is 2.76. The highest BCUT2D eigenvalue weighted by molar-refractivity contribution is 5.95. The van der Waals surface area contributed by atoms with E-state index in [9.17, 15) is 4.79 Å². The van der Waals surface area contributed by atoms with Gasteiger partial charge in [0.25, 0.3) is 0 Å². The number of aryl methyl sites for hydroxylation is 2. The Morgan fingerprint density at radius 3 is 2.58 bits per heavy atom. The number of hydrogen-bond donors (Lipinski definition) is 0. The Labute approximate surface area is 113 Å². The summed E-state index contributed by atoms with van der Waals surface area (Å²) in [7, 11) is 1.67. The van der Waals surface area contributed by atoms with Crippen molar-refractivity contribution in [2.75, 3.05) is 7.11 Å². The van der Waals surface area contributed by atoms with Gasteiger partial charge in [-0.05, 0) is 30.2 Å². The highest BCUT2D eigenvalue weighted by Crippen LogP contribution is 2.12. The largest absolute Gasteiger partial charge is 0.497 e. The molecule has 0 saturated heterocycles. The summed E-state index contributed by atoms with van der Waals surface area (Å²) in [5.74, 6) is 1.07. The van der Waals surface area contributed by atoms with Gasteiger partial charge in [0, 0.05) is 30.9 Å². The van der Waals surface area contributed by atoms with Crippen LogP contribution >= 0.6 is 0 Å². The average Bonchev–Trinajstić information content (AvgIpc) is 2.93. The van der Waals surface area contributed by atoms with Crippen LogP contribution in [0.25, 0.3) is 0 Å². The van der Waals surface area contributed by atoms with Crippen LogP contribution in [0.3, 0.4) is 0 Å². The lowest BCUT2D eigenvalue weighted by atomic mass is 10.1. The van der Waals surface area contributed by atoms with Gasteiger partial charge in [0.2, 0.25) is 0 Å². The van der Waals surface area contributed by atoms with Crippen LogP contribution in [0.5, 0.6) is 5.75 Å². The Morgan fingerprint density at radius 1 is 1.21 bits per heavy atom. The molecule has 0 atom stereocenters. The molecule has 0 aliphatic carbocycles. The topological polar surface area (TPSA) is 31.2 Å². The predicted molar refractivity (Wildman–Crippen MR) is 75.8 cm³/mol. The molecule has 0 fully saturated rings. The van der Waals surface area contributed by atoms with Gasteiger partial charge in [0.15, 0.2) is 5.78 Å². The molecule has 100 valence electrons. The number of nitrogens with zero attached hydrogens (tertiary/aromatic N) is 1. The predicted octanol–water partition coefficient (Wildman–Crippen LogP) is 3.33. The van der Waals surface area contributed by atoms with Crippen molar-refractivity contribution in [1.29, 1.82) is 0 Å². The van der Waals surface area contributed by atoms with Crippen LogP contribution < -0.4 is 4.74 Å². The van der Waals surface area contributed by atoms with Gasteiger partial charge in [0.05, 0.1) is 7.11 Å². The highest BCUT2D eigenvalue weighted by atomic mass is 16.5. The molecule has 19 heavy (non-hydrogen) atoms. The van der Waals surface area contributed by atoms with E-state index in [1.54, 1.807) is 7.11 Å². The highest BCUT2D eigenvalue weighted by Gasteiger charge is 2.04. The van der Waals surface area contributed by atoms with E-state index in [1.165, 1.54) is 5.56 Å². The molecule has 1 aromatic carbocycles. The zero-order chi connectivity index (χ0) is 13.7. The van der Waals surface area contributed by atoms with E-state index in [0.29, 0.717) is 6.42 Å². The van der Waals surface area contributed by atoms with Crippen LogP contribution in [0, 0.1) is 0 Å². The first-order valence-electron chi connectivity index (χ1n) is 6.55. The third-order valence-electron chi connectivity index (χ3n) is 3.21. The minimum atomic E-state index is 0.197. The number of benzene rings is 1. The van der Waals surface area contributed by atoms with Crippen LogP contribution in [0.1, 0.15) is 29.3 Å². The van der Waals surface area contributed by atoms with E-state index >= 15 is 0 Å². The number of carbonyl (C=O) groups is 1. The summed E-state index contributed by atoms with van der Waals surface area (Å²) in [5.41, 5.74) is 2.06. The van der Waals surface area contributed by atoms with Crippen molar-refractivity contribution in [1.82, 2.24) is 4.57 Å². The molecule has 0 radical (unpaired) electrons. The third-order valence-corrected chi connectivity index (χ3v) is 3.21. The molecule has 2 aromatic rings. The smallest absolute Gasteiger partial charge is 0.164 e. The van der Waals surface area contributed by atoms with Gasteiger partial charge >= 0.3 is 0 Å². The lowest BCUT2D eigenvalue weighted by molar-refractivity contribution is 0.0988. The monoisotopic (exact) mass is 257 g/mol. The molecule has 0 unspecified atom stereocenters. The Kier molecular flexibility index (Phi) is 4.39. The maximum atomic E-state index is 11.5. The molecule has 0 saturated carbocycles. The molecule has 0 aliphatic heterocycles. The number of rotatable bonds is 6. The second-order valence-corrected chi connectivity index (χ2v) is 4.51. The molecule has 3 heteroatoms. The van der Waals surface area contributed by atoms with Gasteiger partial charge in [-0.15, -0.1) is 0 Å². The maximum Gasteiger partial charge on any atom is 0.164 e. The van der Waals surface area contributed by atoms with E-state index in [2.05, 4.69) is 16.7 Å². The summed E-state index contributed by atoms with van der Waals surface area (Å²) < 4.78 is 7.19. The molecule has 0 bridgehead atoms. The number of methoxy groups -OCH3 is 1. The van der Waals surface area contributed by atoms with Gasteiger partial charge in [-0.1, -0.05) is 19.1 Å². The van der Waals surface area contributed by atoms with Crippen LogP contribution in [-0.4, -0.2) is 17.5 Å². The molecule has 0 N–H and O–H groups in total. The van der Waals surface area contributed by atoms with Gasteiger partial charge in [-0.2, -0.15) is 0 Å². The maximum absolute atomic E-state index is 11.5. The fourth-order valence-corrected chi connectivity index (χ4v) is 2.00. The molecule has 0 amide bonds. The Bertz CT molecular complexity index is 540. The standard InChI is InChI=1S/C16H19NO2/c1-3-16(18)14-9-11-17(12-14)10-8-13-4-6-15(19-2)7-5-13/h4-7,9,11-12H,3,8,10H2,1-2H3. The molecule has 0 spiro atoms. The first-order valence-corrected chi connectivity index (χ1v) is 6.55.